The third kappa shape index (κ3) is 3.67. The lowest BCUT2D eigenvalue weighted by Crippen LogP contribution is -2.39. The number of aryl methyl sites for hydroxylation is 1. The van der Waals surface area contributed by atoms with Crippen molar-refractivity contribution in [3.8, 4) is 0 Å². The van der Waals surface area contributed by atoms with E-state index < -0.39 is 0 Å². The summed E-state index contributed by atoms with van der Waals surface area (Å²) in [5, 5.41) is 3.08. The molecule has 1 aliphatic rings. The molecule has 1 N–H and O–H groups in total. The Kier molecular flexibility index (Phi) is 4.99. The van der Waals surface area contributed by atoms with Gasteiger partial charge in [0.15, 0.2) is 5.76 Å². The first-order chi connectivity index (χ1) is 11.6. The molecule has 0 bridgehead atoms. The van der Waals surface area contributed by atoms with Crippen LogP contribution in [0.3, 0.4) is 0 Å². The fourth-order valence-corrected chi connectivity index (χ4v) is 3.19. The third-order valence-corrected chi connectivity index (χ3v) is 4.41. The van der Waals surface area contributed by atoms with Crippen LogP contribution >= 0.6 is 0 Å². The summed E-state index contributed by atoms with van der Waals surface area (Å²) in [5.41, 5.74) is 2.50. The number of likely N-dealkylation sites (N-methyl/N-ethyl adjacent to an activating group) is 1. The fourth-order valence-electron chi connectivity index (χ4n) is 3.19. The zero-order chi connectivity index (χ0) is 16.9. The van der Waals surface area contributed by atoms with Crippen molar-refractivity contribution in [3.05, 3.63) is 59.5 Å². The Morgan fingerprint density at radius 1 is 1.21 bits per heavy atom. The molecule has 0 fully saturated rings. The van der Waals surface area contributed by atoms with E-state index in [9.17, 15) is 9.59 Å². The van der Waals surface area contributed by atoms with Crippen molar-refractivity contribution in [1.29, 1.82) is 0 Å². The van der Waals surface area contributed by atoms with Gasteiger partial charge in [0.25, 0.3) is 5.91 Å². The highest BCUT2D eigenvalue weighted by Gasteiger charge is 2.22. The SMILES string of the molecule is CN(CC(=O)N[C@@H]1CCCCc2ccccc21)C(=O)c1ccco1. The van der Waals surface area contributed by atoms with Gasteiger partial charge >= 0.3 is 0 Å². The van der Waals surface area contributed by atoms with Gasteiger partial charge in [0.1, 0.15) is 0 Å². The monoisotopic (exact) mass is 326 g/mol. The lowest BCUT2D eigenvalue weighted by Gasteiger charge is -2.21. The first-order valence-corrected chi connectivity index (χ1v) is 8.31. The molecule has 0 unspecified atom stereocenters. The van der Waals surface area contributed by atoms with E-state index >= 15 is 0 Å². The molecule has 1 heterocycles. The highest BCUT2D eigenvalue weighted by atomic mass is 16.3. The van der Waals surface area contributed by atoms with Crippen LogP contribution < -0.4 is 5.32 Å². The zero-order valence-corrected chi connectivity index (χ0v) is 13.8. The molecule has 126 valence electrons. The summed E-state index contributed by atoms with van der Waals surface area (Å²) >= 11 is 0. The van der Waals surface area contributed by atoms with Gasteiger partial charge in [0.2, 0.25) is 5.91 Å². The van der Waals surface area contributed by atoms with Gasteiger partial charge < -0.3 is 14.6 Å². The number of hydrogen-bond acceptors (Lipinski definition) is 3. The highest BCUT2D eigenvalue weighted by Crippen LogP contribution is 2.28. The number of carbonyl (C=O) groups is 2. The summed E-state index contributed by atoms with van der Waals surface area (Å²) in [6, 6.07) is 11.5. The standard InChI is InChI=1S/C19H22N2O3/c1-21(19(23)17-11-6-12-24-17)13-18(22)20-16-10-5-3-8-14-7-2-4-9-15(14)16/h2,4,6-7,9,11-12,16H,3,5,8,10,13H2,1H3,(H,20,22)/t16-/m1/s1. The predicted octanol–water partition coefficient (Wildman–Crippen LogP) is 2.94. The van der Waals surface area contributed by atoms with E-state index in [2.05, 4.69) is 17.4 Å². The van der Waals surface area contributed by atoms with E-state index in [-0.39, 0.29) is 30.2 Å². The Morgan fingerprint density at radius 2 is 2.04 bits per heavy atom. The molecule has 5 nitrogen and oxygen atoms in total. The minimum absolute atomic E-state index is 0.0121. The maximum absolute atomic E-state index is 12.4. The first kappa shape index (κ1) is 16.3. The maximum atomic E-state index is 12.4. The number of furan rings is 1. The minimum atomic E-state index is -0.295. The number of carbonyl (C=O) groups excluding carboxylic acids is 2. The van der Waals surface area contributed by atoms with Gasteiger partial charge in [-0.2, -0.15) is 0 Å². The molecule has 0 saturated heterocycles. The van der Waals surface area contributed by atoms with Gasteiger partial charge in [-0.25, -0.2) is 0 Å². The lowest BCUT2D eigenvalue weighted by atomic mass is 9.99. The van der Waals surface area contributed by atoms with Crippen LogP contribution in [0.15, 0.2) is 47.1 Å². The third-order valence-electron chi connectivity index (χ3n) is 4.41. The smallest absolute Gasteiger partial charge is 0.289 e. The van der Waals surface area contributed by atoms with Crippen LogP contribution in [-0.4, -0.2) is 30.3 Å². The molecule has 3 rings (SSSR count). The van der Waals surface area contributed by atoms with Crippen LogP contribution in [0.2, 0.25) is 0 Å². The molecule has 0 spiro atoms. The van der Waals surface area contributed by atoms with Crippen LogP contribution in [0.5, 0.6) is 0 Å². The van der Waals surface area contributed by atoms with E-state index in [1.165, 1.54) is 22.3 Å². The maximum Gasteiger partial charge on any atom is 0.289 e. The Bertz CT molecular complexity index is 709. The van der Waals surface area contributed by atoms with E-state index in [4.69, 9.17) is 4.42 Å². The van der Waals surface area contributed by atoms with Crippen molar-refractivity contribution in [2.75, 3.05) is 13.6 Å². The van der Waals surface area contributed by atoms with Gasteiger partial charge in [-0.15, -0.1) is 0 Å². The van der Waals surface area contributed by atoms with Gasteiger partial charge in [-0.1, -0.05) is 30.7 Å². The van der Waals surface area contributed by atoms with E-state index in [1.54, 1.807) is 19.2 Å². The molecule has 2 amide bonds. The van der Waals surface area contributed by atoms with E-state index in [0.717, 1.165) is 25.7 Å². The Morgan fingerprint density at radius 3 is 2.83 bits per heavy atom. The minimum Gasteiger partial charge on any atom is -0.459 e. The number of nitrogens with one attached hydrogen (secondary N) is 1. The second-order valence-electron chi connectivity index (χ2n) is 6.20. The average molecular weight is 326 g/mol. The number of rotatable bonds is 4. The van der Waals surface area contributed by atoms with Crippen molar-refractivity contribution < 1.29 is 14.0 Å². The zero-order valence-electron chi connectivity index (χ0n) is 13.8. The van der Waals surface area contributed by atoms with Crippen LogP contribution in [-0.2, 0) is 11.2 Å². The van der Waals surface area contributed by atoms with Crippen LogP contribution in [0.1, 0.15) is 47.0 Å². The molecule has 1 aliphatic carbocycles. The molecule has 1 aromatic heterocycles. The second-order valence-corrected chi connectivity index (χ2v) is 6.20. The molecule has 5 heteroatoms. The molecule has 0 aliphatic heterocycles. The summed E-state index contributed by atoms with van der Waals surface area (Å²) in [4.78, 5) is 25.9. The Balaban J connectivity index is 1.63. The average Bonchev–Trinajstić information content (AvgIpc) is 3.04. The molecule has 1 aromatic carbocycles. The first-order valence-electron chi connectivity index (χ1n) is 8.31. The van der Waals surface area contributed by atoms with Crippen LogP contribution in [0.4, 0.5) is 0 Å². The highest BCUT2D eigenvalue weighted by molar-refractivity contribution is 5.94. The van der Waals surface area contributed by atoms with Crippen molar-refractivity contribution in [2.45, 2.75) is 31.7 Å². The molecular formula is C19H22N2O3. The fraction of sp³-hybridized carbons (Fsp3) is 0.368. The lowest BCUT2D eigenvalue weighted by molar-refractivity contribution is -0.122. The predicted molar refractivity (Wildman–Crippen MR) is 90.5 cm³/mol. The van der Waals surface area contributed by atoms with Crippen molar-refractivity contribution in [2.24, 2.45) is 0 Å². The second kappa shape index (κ2) is 7.34. The number of amides is 2. The summed E-state index contributed by atoms with van der Waals surface area (Å²) < 4.78 is 5.09. The van der Waals surface area contributed by atoms with Crippen molar-refractivity contribution in [1.82, 2.24) is 10.2 Å². The summed E-state index contributed by atoms with van der Waals surface area (Å²) in [6.07, 6.45) is 5.66. The Hall–Kier alpha value is -2.56. The summed E-state index contributed by atoms with van der Waals surface area (Å²) in [7, 11) is 1.60. The largest absolute Gasteiger partial charge is 0.459 e. The Labute approximate surface area is 141 Å². The summed E-state index contributed by atoms with van der Waals surface area (Å²) in [5.74, 6) is -0.208. The van der Waals surface area contributed by atoms with Crippen molar-refractivity contribution in [3.63, 3.8) is 0 Å². The molecule has 24 heavy (non-hydrogen) atoms. The number of fused-ring (bicyclic) bond motifs is 1. The van der Waals surface area contributed by atoms with Crippen molar-refractivity contribution >= 4 is 11.8 Å². The van der Waals surface area contributed by atoms with Crippen LogP contribution in [0.25, 0.3) is 0 Å². The molecule has 0 radical (unpaired) electrons. The molecule has 2 aromatic rings. The van der Waals surface area contributed by atoms with Gasteiger partial charge in [-0.3, -0.25) is 9.59 Å². The number of nitrogens with zero attached hydrogens (tertiary/aromatic N) is 1. The van der Waals surface area contributed by atoms with E-state index in [1.807, 2.05) is 12.1 Å². The quantitative estimate of drug-likeness (QED) is 0.879. The topological polar surface area (TPSA) is 62.6 Å². The normalized spacial score (nSPS) is 16.8. The van der Waals surface area contributed by atoms with Gasteiger partial charge in [0, 0.05) is 7.05 Å². The molecule has 0 saturated carbocycles. The number of benzene rings is 1. The summed E-state index contributed by atoms with van der Waals surface area (Å²) in [6.45, 7) is 0.0121. The number of hydrogen-bond donors (Lipinski definition) is 1. The van der Waals surface area contributed by atoms with E-state index in [0.29, 0.717) is 0 Å². The van der Waals surface area contributed by atoms with Crippen LogP contribution in [0, 0.1) is 0 Å². The molecule has 1 atom stereocenters. The van der Waals surface area contributed by atoms with Gasteiger partial charge in [0.05, 0.1) is 18.8 Å². The van der Waals surface area contributed by atoms with Gasteiger partial charge in [-0.05, 0) is 42.5 Å². The molecular weight excluding hydrogens is 304 g/mol.